The first-order chi connectivity index (χ1) is 5.63. The summed E-state index contributed by atoms with van der Waals surface area (Å²) in [5, 5.41) is 0. The molecule has 0 aliphatic carbocycles. The quantitative estimate of drug-likeness (QED) is 0.556. The molecule has 0 fully saturated rings. The van der Waals surface area contributed by atoms with Crippen molar-refractivity contribution in [1.29, 1.82) is 0 Å². The predicted octanol–water partition coefficient (Wildman–Crippen LogP) is 3.86. The van der Waals surface area contributed by atoms with Crippen molar-refractivity contribution in [3.8, 4) is 11.8 Å². The van der Waals surface area contributed by atoms with Gasteiger partial charge in [-0.25, -0.2) is 0 Å². The normalized spacial score (nSPS) is 10.2. The zero-order valence-corrected chi connectivity index (χ0v) is 8.98. The Morgan fingerprint density at radius 3 is 1.33 bits per heavy atom. The van der Waals surface area contributed by atoms with Crippen LogP contribution in [-0.2, 0) is 0 Å². The largest absolute Gasteiger partial charge is 0.103 e. The van der Waals surface area contributed by atoms with Crippen LogP contribution in [0.2, 0.25) is 0 Å². The summed E-state index contributed by atoms with van der Waals surface area (Å²) in [4.78, 5) is 0. The molecule has 0 heteroatoms. The lowest BCUT2D eigenvalue weighted by molar-refractivity contribution is 0.594. The molecule has 0 aliphatic rings. The third kappa shape index (κ3) is 9.56. The highest BCUT2D eigenvalue weighted by atomic mass is 14.0. The van der Waals surface area contributed by atoms with Gasteiger partial charge in [0.25, 0.3) is 0 Å². The Morgan fingerprint density at radius 2 is 1.08 bits per heavy atom. The van der Waals surface area contributed by atoms with Crippen LogP contribution in [0.4, 0.5) is 0 Å². The van der Waals surface area contributed by atoms with E-state index in [0.29, 0.717) is 0 Å². The SMILES string of the molecule is CC(C)CCC#CCCC(C)C. The molecule has 70 valence electrons. The molecule has 0 radical (unpaired) electrons. The van der Waals surface area contributed by atoms with E-state index >= 15 is 0 Å². The van der Waals surface area contributed by atoms with Gasteiger partial charge in [-0.15, -0.1) is 11.8 Å². The van der Waals surface area contributed by atoms with Crippen molar-refractivity contribution in [3.63, 3.8) is 0 Å². The molecule has 0 unspecified atom stereocenters. The molecule has 0 rings (SSSR count). The molecule has 0 nitrogen and oxygen atoms in total. The van der Waals surface area contributed by atoms with Gasteiger partial charge in [-0.1, -0.05) is 27.7 Å². The third-order valence-corrected chi connectivity index (χ3v) is 1.82. The van der Waals surface area contributed by atoms with Crippen LogP contribution in [0.3, 0.4) is 0 Å². The van der Waals surface area contributed by atoms with E-state index in [-0.39, 0.29) is 0 Å². The van der Waals surface area contributed by atoms with Gasteiger partial charge in [0, 0.05) is 12.8 Å². The van der Waals surface area contributed by atoms with Gasteiger partial charge in [-0.05, 0) is 24.7 Å². The van der Waals surface area contributed by atoms with Gasteiger partial charge in [-0.2, -0.15) is 0 Å². The van der Waals surface area contributed by atoms with Crippen LogP contribution in [0.25, 0.3) is 0 Å². The van der Waals surface area contributed by atoms with Gasteiger partial charge in [0.2, 0.25) is 0 Å². The van der Waals surface area contributed by atoms with E-state index < -0.39 is 0 Å². The summed E-state index contributed by atoms with van der Waals surface area (Å²) in [6.45, 7) is 8.98. The smallest absolute Gasteiger partial charge is 0.00911 e. The first kappa shape index (κ1) is 11.6. The maximum Gasteiger partial charge on any atom is 0.00911 e. The third-order valence-electron chi connectivity index (χ3n) is 1.82. The van der Waals surface area contributed by atoms with Crippen molar-refractivity contribution in [2.75, 3.05) is 0 Å². The van der Waals surface area contributed by atoms with Crippen LogP contribution in [0, 0.1) is 23.7 Å². The molecule has 0 aromatic rings. The molecule has 0 spiro atoms. The van der Waals surface area contributed by atoms with Crippen molar-refractivity contribution in [1.82, 2.24) is 0 Å². The minimum atomic E-state index is 0.796. The van der Waals surface area contributed by atoms with Crippen LogP contribution in [0.5, 0.6) is 0 Å². The summed E-state index contributed by atoms with van der Waals surface area (Å²) < 4.78 is 0. The minimum Gasteiger partial charge on any atom is -0.103 e. The highest BCUT2D eigenvalue weighted by Crippen LogP contribution is 2.03. The lowest BCUT2D eigenvalue weighted by atomic mass is 10.1. The zero-order valence-electron chi connectivity index (χ0n) is 8.98. The van der Waals surface area contributed by atoms with Crippen LogP contribution in [-0.4, -0.2) is 0 Å². The molecule has 0 amide bonds. The first-order valence-corrected chi connectivity index (χ1v) is 5.08. The minimum absolute atomic E-state index is 0.796. The second-order valence-electron chi connectivity index (χ2n) is 4.22. The fourth-order valence-corrected chi connectivity index (χ4v) is 0.898. The fourth-order valence-electron chi connectivity index (χ4n) is 0.898. The van der Waals surface area contributed by atoms with E-state index in [9.17, 15) is 0 Å². The van der Waals surface area contributed by atoms with Crippen LogP contribution >= 0.6 is 0 Å². The van der Waals surface area contributed by atoms with Crippen LogP contribution < -0.4 is 0 Å². The Hall–Kier alpha value is -0.440. The predicted molar refractivity (Wildman–Crippen MR) is 55.9 cm³/mol. The summed E-state index contributed by atoms with van der Waals surface area (Å²) in [5.74, 6) is 8.04. The number of hydrogen-bond acceptors (Lipinski definition) is 0. The second-order valence-corrected chi connectivity index (χ2v) is 4.22. The van der Waals surface area contributed by atoms with E-state index in [1.54, 1.807) is 0 Å². The lowest BCUT2D eigenvalue weighted by Gasteiger charge is -1.98. The summed E-state index contributed by atoms with van der Waals surface area (Å²) in [6.07, 6.45) is 4.65. The molecule has 0 N–H and O–H groups in total. The molecule has 0 bridgehead atoms. The Kier molecular flexibility index (Phi) is 6.96. The van der Waals surface area contributed by atoms with Crippen LogP contribution in [0.1, 0.15) is 53.4 Å². The molecule has 12 heavy (non-hydrogen) atoms. The van der Waals surface area contributed by atoms with E-state index in [0.717, 1.165) is 24.7 Å². The van der Waals surface area contributed by atoms with E-state index in [1.807, 2.05) is 0 Å². The van der Waals surface area contributed by atoms with Crippen molar-refractivity contribution in [3.05, 3.63) is 0 Å². The van der Waals surface area contributed by atoms with Crippen LogP contribution in [0.15, 0.2) is 0 Å². The summed E-state index contributed by atoms with van der Waals surface area (Å²) >= 11 is 0. The van der Waals surface area contributed by atoms with E-state index in [2.05, 4.69) is 39.5 Å². The molecule has 0 aliphatic heterocycles. The highest BCUT2D eigenvalue weighted by Gasteiger charge is 1.90. The fraction of sp³-hybridized carbons (Fsp3) is 0.833. The molecule has 0 aromatic heterocycles. The number of rotatable bonds is 4. The van der Waals surface area contributed by atoms with Gasteiger partial charge < -0.3 is 0 Å². The van der Waals surface area contributed by atoms with Crippen molar-refractivity contribution in [2.24, 2.45) is 11.8 Å². The maximum atomic E-state index is 3.22. The summed E-state index contributed by atoms with van der Waals surface area (Å²) in [6, 6.07) is 0. The van der Waals surface area contributed by atoms with Crippen molar-refractivity contribution >= 4 is 0 Å². The molecule has 0 saturated carbocycles. The highest BCUT2D eigenvalue weighted by molar-refractivity contribution is 4.98. The Bertz CT molecular complexity index is 127. The Morgan fingerprint density at radius 1 is 0.750 bits per heavy atom. The number of hydrogen-bond donors (Lipinski definition) is 0. The topological polar surface area (TPSA) is 0 Å². The van der Waals surface area contributed by atoms with Gasteiger partial charge >= 0.3 is 0 Å². The summed E-state index contributed by atoms with van der Waals surface area (Å²) in [7, 11) is 0. The molecular weight excluding hydrogens is 144 g/mol. The average molecular weight is 166 g/mol. The van der Waals surface area contributed by atoms with Crippen molar-refractivity contribution in [2.45, 2.75) is 53.4 Å². The molecule has 0 saturated heterocycles. The average Bonchev–Trinajstić information content (AvgIpc) is 1.95. The van der Waals surface area contributed by atoms with E-state index in [1.165, 1.54) is 12.8 Å². The molecule has 0 atom stereocenters. The molecule has 0 heterocycles. The van der Waals surface area contributed by atoms with E-state index in [4.69, 9.17) is 0 Å². The Balaban J connectivity index is 3.23. The van der Waals surface area contributed by atoms with Gasteiger partial charge in [-0.3, -0.25) is 0 Å². The Labute approximate surface area is 77.8 Å². The monoisotopic (exact) mass is 166 g/mol. The first-order valence-electron chi connectivity index (χ1n) is 5.08. The zero-order chi connectivity index (χ0) is 9.40. The molecular formula is C12H22. The molecule has 0 aromatic carbocycles. The van der Waals surface area contributed by atoms with Gasteiger partial charge in [0.05, 0.1) is 0 Å². The lowest BCUT2D eigenvalue weighted by Crippen LogP contribution is -1.85. The van der Waals surface area contributed by atoms with Gasteiger partial charge in [0.15, 0.2) is 0 Å². The summed E-state index contributed by atoms with van der Waals surface area (Å²) in [5.41, 5.74) is 0. The second kappa shape index (κ2) is 7.22. The van der Waals surface area contributed by atoms with Crippen molar-refractivity contribution < 1.29 is 0 Å². The van der Waals surface area contributed by atoms with Gasteiger partial charge in [0.1, 0.15) is 0 Å². The maximum absolute atomic E-state index is 3.22. The standard InChI is InChI=1S/C12H22/c1-11(2)9-7-5-6-8-10-12(3)4/h11-12H,7-10H2,1-4H3.